The van der Waals surface area contributed by atoms with E-state index in [2.05, 4.69) is 29.3 Å². The van der Waals surface area contributed by atoms with Gasteiger partial charge in [0.05, 0.1) is 11.0 Å². The molecule has 1 unspecified atom stereocenters. The highest BCUT2D eigenvalue weighted by Gasteiger charge is 2.30. The first-order valence-corrected chi connectivity index (χ1v) is 9.52. The van der Waals surface area contributed by atoms with Crippen molar-refractivity contribution in [2.75, 3.05) is 18.8 Å². The molecule has 0 saturated carbocycles. The van der Waals surface area contributed by atoms with E-state index in [4.69, 9.17) is 4.52 Å². The van der Waals surface area contributed by atoms with Crippen LogP contribution in [0.1, 0.15) is 31.2 Å². The summed E-state index contributed by atoms with van der Waals surface area (Å²) in [6, 6.07) is 8.02. The van der Waals surface area contributed by atoms with Crippen molar-refractivity contribution in [3.05, 3.63) is 35.7 Å². The molecule has 2 aromatic rings. The quantitative estimate of drug-likeness (QED) is 0.917. The Kier molecular flexibility index (Phi) is 4.50. The Bertz CT molecular complexity index is 766. The predicted molar refractivity (Wildman–Crippen MR) is 88.0 cm³/mol. The van der Waals surface area contributed by atoms with Crippen LogP contribution in [0.5, 0.6) is 0 Å². The number of hydrogen-bond acceptors (Lipinski definition) is 6. The van der Waals surface area contributed by atoms with E-state index in [1.165, 1.54) is 5.56 Å². The number of nitrogens with one attached hydrogen (secondary N) is 1. The lowest BCUT2D eigenvalue weighted by molar-refractivity contribution is 0.373. The molecule has 1 N–H and O–H groups in total. The molecule has 23 heavy (non-hydrogen) atoms. The number of aromatic nitrogens is 2. The highest BCUT2D eigenvalue weighted by atomic mass is 32.2. The number of sulfone groups is 1. The summed E-state index contributed by atoms with van der Waals surface area (Å²) in [6.07, 6.45) is 0.256. The smallest absolute Gasteiger partial charge is 0.228 e. The topological polar surface area (TPSA) is 85.1 Å². The van der Waals surface area contributed by atoms with Gasteiger partial charge in [-0.2, -0.15) is 4.98 Å². The van der Waals surface area contributed by atoms with Crippen molar-refractivity contribution in [3.63, 3.8) is 0 Å². The average Bonchev–Trinajstić information content (AvgIpc) is 2.98. The second-order valence-corrected chi connectivity index (χ2v) is 8.59. The van der Waals surface area contributed by atoms with E-state index in [0.29, 0.717) is 30.7 Å². The van der Waals surface area contributed by atoms with Crippen LogP contribution >= 0.6 is 0 Å². The summed E-state index contributed by atoms with van der Waals surface area (Å²) in [5, 5.41) is 6.58. The first-order chi connectivity index (χ1) is 11.0. The molecule has 0 spiro atoms. The molecule has 3 rings (SSSR count). The molecule has 0 aliphatic carbocycles. The van der Waals surface area contributed by atoms with E-state index in [1.54, 1.807) is 0 Å². The zero-order valence-corrected chi connectivity index (χ0v) is 14.1. The molecule has 1 saturated heterocycles. The van der Waals surface area contributed by atoms with Crippen LogP contribution < -0.4 is 5.32 Å². The zero-order valence-electron chi connectivity index (χ0n) is 13.3. The molecule has 1 aromatic carbocycles. The van der Waals surface area contributed by atoms with Crippen molar-refractivity contribution in [1.29, 1.82) is 0 Å². The molecular formula is C16H21N3O3S. The Balaban J connectivity index is 1.75. The minimum absolute atomic E-state index is 0.162. The summed E-state index contributed by atoms with van der Waals surface area (Å²) in [4.78, 5) is 4.34. The summed E-state index contributed by atoms with van der Waals surface area (Å²) >= 11 is 0. The van der Waals surface area contributed by atoms with Crippen molar-refractivity contribution in [1.82, 2.24) is 15.5 Å². The molecule has 0 amide bonds. The molecule has 0 bridgehead atoms. The Morgan fingerprint density at radius 3 is 2.70 bits per heavy atom. The second-order valence-electron chi connectivity index (χ2n) is 6.19. The predicted octanol–water partition coefficient (Wildman–Crippen LogP) is 1.79. The zero-order chi connectivity index (χ0) is 16.4. The minimum Gasteiger partial charge on any atom is -0.339 e. The Hall–Kier alpha value is -1.73. The summed E-state index contributed by atoms with van der Waals surface area (Å²) in [6.45, 7) is 5.22. The Morgan fingerprint density at radius 2 is 2.04 bits per heavy atom. The van der Waals surface area contributed by atoms with Crippen LogP contribution in [0.3, 0.4) is 0 Å². The van der Waals surface area contributed by atoms with Gasteiger partial charge in [-0.25, -0.2) is 8.42 Å². The molecule has 1 aromatic heterocycles. The van der Waals surface area contributed by atoms with E-state index in [-0.39, 0.29) is 12.2 Å². The van der Waals surface area contributed by atoms with Crippen molar-refractivity contribution in [3.8, 4) is 11.4 Å². The monoisotopic (exact) mass is 335 g/mol. The number of benzene rings is 1. The lowest BCUT2D eigenvalue weighted by Crippen LogP contribution is -2.45. The van der Waals surface area contributed by atoms with Crippen LogP contribution in [-0.2, 0) is 16.3 Å². The fourth-order valence-corrected chi connectivity index (χ4v) is 4.17. The SMILES string of the molecule is CC(C)c1ccc(-c2noc(CC3CNCCS3(=O)=O)n2)cc1. The van der Waals surface area contributed by atoms with E-state index >= 15 is 0 Å². The van der Waals surface area contributed by atoms with E-state index < -0.39 is 15.1 Å². The highest BCUT2D eigenvalue weighted by Crippen LogP contribution is 2.21. The Morgan fingerprint density at radius 1 is 1.30 bits per heavy atom. The maximum Gasteiger partial charge on any atom is 0.228 e. The van der Waals surface area contributed by atoms with Gasteiger partial charge in [0, 0.05) is 25.1 Å². The maximum absolute atomic E-state index is 12.0. The molecule has 1 atom stereocenters. The number of nitrogens with zero attached hydrogens (tertiary/aromatic N) is 2. The van der Waals surface area contributed by atoms with Crippen molar-refractivity contribution in [2.45, 2.75) is 31.4 Å². The van der Waals surface area contributed by atoms with Crippen molar-refractivity contribution < 1.29 is 12.9 Å². The van der Waals surface area contributed by atoms with Gasteiger partial charge in [0.15, 0.2) is 9.84 Å². The highest BCUT2D eigenvalue weighted by molar-refractivity contribution is 7.92. The summed E-state index contributed by atoms with van der Waals surface area (Å²) in [7, 11) is -3.08. The van der Waals surface area contributed by atoms with Gasteiger partial charge in [-0.05, 0) is 11.5 Å². The molecule has 1 fully saturated rings. The number of rotatable bonds is 4. The fraction of sp³-hybridized carbons (Fsp3) is 0.500. The first-order valence-electron chi connectivity index (χ1n) is 7.81. The standard InChI is InChI=1S/C16H21N3O3S/c1-11(2)12-3-5-13(6-4-12)16-18-15(22-19-16)9-14-10-17-7-8-23(14,20)21/h3-6,11,14,17H,7-10H2,1-2H3. The second kappa shape index (κ2) is 6.41. The maximum atomic E-state index is 12.0. The van der Waals surface area contributed by atoms with E-state index in [9.17, 15) is 8.42 Å². The summed E-state index contributed by atoms with van der Waals surface area (Å²) < 4.78 is 29.3. The van der Waals surface area contributed by atoms with Crippen LogP contribution in [0, 0.1) is 0 Å². The van der Waals surface area contributed by atoms with Crippen LogP contribution in [0.4, 0.5) is 0 Å². The van der Waals surface area contributed by atoms with E-state index in [0.717, 1.165) is 5.56 Å². The third-order valence-corrected chi connectivity index (χ3v) is 6.27. The van der Waals surface area contributed by atoms with Gasteiger partial charge in [-0.3, -0.25) is 0 Å². The minimum atomic E-state index is -3.08. The largest absolute Gasteiger partial charge is 0.339 e. The van der Waals surface area contributed by atoms with E-state index in [1.807, 2.05) is 24.3 Å². The lowest BCUT2D eigenvalue weighted by atomic mass is 10.0. The molecule has 1 aliphatic heterocycles. The summed E-state index contributed by atoms with van der Waals surface area (Å²) in [5.74, 6) is 1.49. The van der Waals surface area contributed by atoms with Crippen molar-refractivity contribution in [2.24, 2.45) is 0 Å². The van der Waals surface area contributed by atoms with Gasteiger partial charge in [-0.1, -0.05) is 43.3 Å². The van der Waals surface area contributed by atoms with Crippen LogP contribution in [-0.4, -0.2) is 42.7 Å². The first kappa shape index (κ1) is 16.1. The third kappa shape index (κ3) is 3.61. The lowest BCUT2D eigenvalue weighted by Gasteiger charge is -2.21. The van der Waals surface area contributed by atoms with Gasteiger partial charge in [0.1, 0.15) is 0 Å². The van der Waals surface area contributed by atoms with Crippen molar-refractivity contribution >= 4 is 9.84 Å². The normalized spacial score (nSPS) is 20.7. The fourth-order valence-electron chi connectivity index (χ4n) is 2.64. The molecule has 2 heterocycles. The molecule has 7 heteroatoms. The molecule has 1 aliphatic rings. The average molecular weight is 335 g/mol. The van der Waals surface area contributed by atoms with Crippen LogP contribution in [0.15, 0.2) is 28.8 Å². The molecule has 0 radical (unpaired) electrons. The summed E-state index contributed by atoms with van der Waals surface area (Å²) in [5.41, 5.74) is 2.12. The van der Waals surface area contributed by atoms with Gasteiger partial charge in [-0.15, -0.1) is 0 Å². The van der Waals surface area contributed by atoms with Crippen LogP contribution in [0.25, 0.3) is 11.4 Å². The van der Waals surface area contributed by atoms with Gasteiger partial charge < -0.3 is 9.84 Å². The van der Waals surface area contributed by atoms with Crippen LogP contribution in [0.2, 0.25) is 0 Å². The Labute approximate surface area is 136 Å². The number of hydrogen-bond donors (Lipinski definition) is 1. The van der Waals surface area contributed by atoms with Gasteiger partial charge >= 0.3 is 0 Å². The van der Waals surface area contributed by atoms with Gasteiger partial charge in [0.25, 0.3) is 0 Å². The molecular weight excluding hydrogens is 314 g/mol. The third-order valence-electron chi connectivity index (χ3n) is 4.15. The van der Waals surface area contributed by atoms with Gasteiger partial charge in [0.2, 0.25) is 11.7 Å². The molecule has 124 valence electrons. The molecule has 6 nitrogen and oxygen atoms in total.